The second kappa shape index (κ2) is 7.90. The van der Waals surface area contributed by atoms with Gasteiger partial charge >= 0.3 is 0 Å². The summed E-state index contributed by atoms with van der Waals surface area (Å²) >= 11 is 1.87. The molecule has 0 unspecified atom stereocenters. The molecule has 0 fully saturated rings. The summed E-state index contributed by atoms with van der Waals surface area (Å²) in [7, 11) is 0. The van der Waals surface area contributed by atoms with Gasteiger partial charge in [-0.25, -0.2) is 4.98 Å². The fraction of sp³-hybridized carbons (Fsp3) is 0.375. The minimum atomic E-state index is -0.0828. The number of nitrogens with one attached hydrogen (secondary N) is 1. The third-order valence-corrected chi connectivity index (χ3v) is 3.84. The Labute approximate surface area is 124 Å². The van der Waals surface area contributed by atoms with E-state index in [0.29, 0.717) is 5.69 Å². The van der Waals surface area contributed by atoms with E-state index in [-0.39, 0.29) is 5.91 Å². The zero-order valence-corrected chi connectivity index (χ0v) is 12.6. The summed E-state index contributed by atoms with van der Waals surface area (Å²) in [4.78, 5) is 16.4. The largest absolute Gasteiger partial charge is 0.351 e. The van der Waals surface area contributed by atoms with E-state index in [4.69, 9.17) is 0 Å². The van der Waals surface area contributed by atoms with Crippen LogP contribution in [0.1, 0.15) is 29.8 Å². The van der Waals surface area contributed by atoms with E-state index in [1.807, 2.05) is 42.1 Å². The number of fused-ring (bicyclic) bond motifs is 1. The Morgan fingerprint density at radius 1 is 1.15 bits per heavy atom. The van der Waals surface area contributed by atoms with Gasteiger partial charge in [0.2, 0.25) is 0 Å². The highest BCUT2D eigenvalue weighted by molar-refractivity contribution is 7.98. The van der Waals surface area contributed by atoms with Gasteiger partial charge in [0.25, 0.3) is 5.91 Å². The molecule has 106 valence electrons. The van der Waals surface area contributed by atoms with Gasteiger partial charge in [0.05, 0.1) is 5.52 Å². The van der Waals surface area contributed by atoms with E-state index in [1.165, 1.54) is 12.2 Å². The van der Waals surface area contributed by atoms with Crippen LogP contribution >= 0.6 is 11.8 Å². The number of aromatic nitrogens is 1. The smallest absolute Gasteiger partial charge is 0.269 e. The number of carbonyl (C=O) groups is 1. The normalized spacial score (nSPS) is 10.7. The maximum Gasteiger partial charge on any atom is 0.269 e. The van der Waals surface area contributed by atoms with Gasteiger partial charge in [0.15, 0.2) is 0 Å². The number of pyridine rings is 1. The van der Waals surface area contributed by atoms with Crippen LogP contribution in [0.25, 0.3) is 10.9 Å². The molecule has 1 N–H and O–H groups in total. The van der Waals surface area contributed by atoms with E-state index in [1.54, 1.807) is 6.07 Å². The van der Waals surface area contributed by atoms with Crippen molar-refractivity contribution in [3.63, 3.8) is 0 Å². The lowest BCUT2D eigenvalue weighted by molar-refractivity contribution is 0.0948. The summed E-state index contributed by atoms with van der Waals surface area (Å²) in [6.07, 6.45) is 5.52. The summed E-state index contributed by atoms with van der Waals surface area (Å²) < 4.78 is 0. The molecule has 1 heterocycles. The number of benzene rings is 1. The maximum atomic E-state index is 12.0. The van der Waals surface area contributed by atoms with Crippen molar-refractivity contribution in [2.75, 3.05) is 18.6 Å². The lowest BCUT2D eigenvalue weighted by Crippen LogP contribution is -2.25. The number of hydrogen-bond acceptors (Lipinski definition) is 3. The van der Waals surface area contributed by atoms with Gasteiger partial charge < -0.3 is 5.32 Å². The van der Waals surface area contributed by atoms with E-state index in [9.17, 15) is 4.79 Å². The minimum Gasteiger partial charge on any atom is -0.351 e. The van der Waals surface area contributed by atoms with Crippen LogP contribution < -0.4 is 5.32 Å². The number of carbonyl (C=O) groups excluding carboxylic acids is 1. The average Bonchev–Trinajstić information content (AvgIpc) is 2.50. The molecule has 4 heteroatoms. The molecule has 2 rings (SSSR count). The molecule has 0 atom stereocenters. The number of rotatable bonds is 7. The van der Waals surface area contributed by atoms with E-state index in [0.717, 1.165) is 30.3 Å². The SMILES string of the molecule is CSCCCCCNC(=O)c1ccc2ccccc2n1. The first-order valence-corrected chi connectivity index (χ1v) is 8.33. The van der Waals surface area contributed by atoms with Crippen LogP contribution in [0, 0.1) is 0 Å². The van der Waals surface area contributed by atoms with Crippen LogP contribution in [-0.2, 0) is 0 Å². The van der Waals surface area contributed by atoms with Gasteiger partial charge in [-0.1, -0.05) is 30.7 Å². The molecular formula is C16H20N2OS. The van der Waals surface area contributed by atoms with Crippen LogP contribution in [0.3, 0.4) is 0 Å². The van der Waals surface area contributed by atoms with Crippen molar-refractivity contribution < 1.29 is 4.79 Å². The monoisotopic (exact) mass is 288 g/mol. The van der Waals surface area contributed by atoms with E-state index in [2.05, 4.69) is 16.6 Å². The van der Waals surface area contributed by atoms with Crippen molar-refractivity contribution in [2.24, 2.45) is 0 Å². The molecule has 0 aliphatic carbocycles. The summed E-state index contributed by atoms with van der Waals surface area (Å²) in [5.74, 6) is 1.11. The summed E-state index contributed by atoms with van der Waals surface area (Å²) in [5, 5.41) is 3.99. The topological polar surface area (TPSA) is 42.0 Å². The van der Waals surface area contributed by atoms with Crippen LogP contribution in [0.4, 0.5) is 0 Å². The highest BCUT2D eigenvalue weighted by Crippen LogP contribution is 2.11. The molecule has 3 nitrogen and oxygen atoms in total. The highest BCUT2D eigenvalue weighted by Gasteiger charge is 2.06. The van der Waals surface area contributed by atoms with Crippen molar-refractivity contribution >= 4 is 28.6 Å². The standard InChI is InChI=1S/C16H20N2OS/c1-20-12-6-2-5-11-17-16(19)15-10-9-13-7-3-4-8-14(13)18-15/h3-4,7-10H,2,5-6,11-12H2,1H3,(H,17,19). The molecule has 1 aromatic heterocycles. The quantitative estimate of drug-likeness (QED) is 0.793. The number of hydrogen-bond donors (Lipinski definition) is 1. The molecular weight excluding hydrogens is 268 g/mol. The van der Waals surface area contributed by atoms with Gasteiger partial charge in [-0.3, -0.25) is 4.79 Å². The third kappa shape index (κ3) is 4.23. The minimum absolute atomic E-state index is 0.0828. The highest BCUT2D eigenvalue weighted by atomic mass is 32.2. The van der Waals surface area contributed by atoms with E-state index < -0.39 is 0 Å². The molecule has 0 saturated heterocycles. The van der Waals surface area contributed by atoms with Crippen molar-refractivity contribution in [2.45, 2.75) is 19.3 Å². The van der Waals surface area contributed by atoms with Gasteiger partial charge in [-0.15, -0.1) is 0 Å². The predicted molar refractivity (Wildman–Crippen MR) is 86.3 cm³/mol. The second-order valence-corrected chi connectivity index (χ2v) is 5.68. The van der Waals surface area contributed by atoms with Crippen molar-refractivity contribution in [1.29, 1.82) is 0 Å². The van der Waals surface area contributed by atoms with Crippen LogP contribution in [0.15, 0.2) is 36.4 Å². The molecule has 1 aromatic carbocycles. The Hall–Kier alpha value is -1.55. The molecule has 2 aromatic rings. The van der Waals surface area contributed by atoms with Gasteiger partial charge in [-0.05, 0) is 37.0 Å². The first-order chi connectivity index (χ1) is 9.81. The van der Waals surface area contributed by atoms with Gasteiger partial charge in [-0.2, -0.15) is 11.8 Å². The summed E-state index contributed by atoms with van der Waals surface area (Å²) in [6.45, 7) is 0.724. The van der Waals surface area contributed by atoms with Crippen molar-refractivity contribution in [3.8, 4) is 0 Å². The lowest BCUT2D eigenvalue weighted by Gasteiger charge is -2.05. The van der Waals surface area contributed by atoms with Crippen molar-refractivity contribution in [3.05, 3.63) is 42.1 Å². The Kier molecular flexibility index (Phi) is 5.87. The zero-order valence-electron chi connectivity index (χ0n) is 11.8. The predicted octanol–water partition coefficient (Wildman–Crippen LogP) is 3.50. The van der Waals surface area contributed by atoms with Gasteiger partial charge in [0, 0.05) is 11.9 Å². The second-order valence-electron chi connectivity index (χ2n) is 4.70. The summed E-state index contributed by atoms with van der Waals surface area (Å²) in [5.41, 5.74) is 1.35. The van der Waals surface area contributed by atoms with E-state index >= 15 is 0 Å². The number of thioether (sulfide) groups is 1. The molecule has 0 radical (unpaired) electrons. The molecule has 0 aliphatic heterocycles. The number of para-hydroxylation sites is 1. The third-order valence-electron chi connectivity index (χ3n) is 3.14. The maximum absolute atomic E-state index is 12.0. The fourth-order valence-electron chi connectivity index (χ4n) is 2.03. The fourth-order valence-corrected chi connectivity index (χ4v) is 2.53. The van der Waals surface area contributed by atoms with Crippen LogP contribution in [0.5, 0.6) is 0 Å². The Morgan fingerprint density at radius 3 is 2.85 bits per heavy atom. The molecule has 0 bridgehead atoms. The van der Waals surface area contributed by atoms with Crippen molar-refractivity contribution in [1.82, 2.24) is 10.3 Å². The zero-order chi connectivity index (χ0) is 14.2. The molecule has 20 heavy (non-hydrogen) atoms. The van der Waals surface area contributed by atoms with Crippen LogP contribution in [-0.4, -0.2) is 29.4 Å². The summed E-state index contributed by atoms with van der Waals surface area (Å²) in [6, 6.07) is 11.5. The number of unbranched alkanes of at least 4 members (excludes halogenated alkanes) is 2. The lowest BCUT2D eigenvalue weighted by atomic mass is 10.2. The molecule has 1 amide bonds. The molecule has 0 spiro atoms. The first-order valence-electron chi connectivity index (χ1n) is 6.94. The van der Waals surface area contributed by atoms with Crippen LogP contribution in [0.2, 0.25) is 0 Å². The van der Waals surface area contributed by atoms with Gasteiger partial charge in [0.1, 0.15) is 5.69 Å². The molecule has 0 saturated carbocycles. The Bertz CT molecular complexity index is 571. The molecule has 0 aliphatic rings. The average molecular weight is 288 g/mol. The number of nitrogens with zero attached hydrogens (tertiary/aromatic N) is 1. The Balaban J connectivity index is 1.84. The Morgan fingerprint density at radius 2 is 2.00 bits per heavy atom. The first kappa shape index (κ1) is 14.9. The number of amides is 1.